The smallest absolute Gasteiger partial charge is 0.0196 e. The van der Waals surface area contributed by atoms with Crippen molar-refractivity contribution in [2.45, 2.75) is 32.6 Å². The lowest BCUT2D eigenvalue weighted by molar-refractivity contribution is 0.820. The monoisotopic (exact) mass is 172 g/mol. The van der Waals surface area contributed by atoms with Crippen LogP contribution in [0.4, 0.5) is 0 Å². The van der Waals surface area contributed by atoms with Crippen molar-refractivity contribution in [1.82, 2.24) is 0 Å². The molecule has 0 fully saturated rings. The normalized spacial score (nSPS) is 18.7. The fraction of sp³-hybridized carbons (Fsp3) is 0.385. The molecule has 0 aromatic heterocycles. The van der Waals surface area contributed by atoms with Crippen molar-refractivity contribution < 1.29 is 0 Å². The third-order valence-corrected chi connectivity index (χ3v) is 2.71. The summed E-state index contributed by atoms with van der Waals surface area (Å²) in [6.07, 6.45) is 7.38. The molecule has 0 heterocycles. The van der Waals surface area contributed by atoms with E-state index in [4.69, 9.17) is 0 Å². The minimum absolute atomic E-state index is 1.16. The Balaban J connectivity index is 2.42. The molecule has 0 radical (unpaired) electrons. The topological polar surface area (TPSA) is 0 Å². The van der Waals surface area contributed by atoms with E-state index in [-0.39, 0.29) is 0 Å². The lowest BCUT2D eigenvalue weighted by Crippen LogP contribution is -2.00. The van der Waals surface area contributed by atoms with Gasteiger partial charge in [0.05, 0.1) is 0 Å². The molecular formula is C13H16. The number of rotatable bonds is 1. The fourth-order valence-electron chi connectivity index (χ4n) is 2.11. The van der Waals surface area contributed by atoms with Crippen LogP contribution in [0.25, 0.3) is 5.57 Å². The lowest BCUT2D eigenvalue weighted by atomic mass is 9.87. The molecule has 0 N–H and O–H groups in total. The first-order chi connectivity index (χ1) is 6.42. The van der Waals surface area contributed by atoms with Gasteiger partial charge in [0, 0.05) is 0 Å². The van der Waals surface area contributed by atoms with Gasteiger partial charge in [-0.1, -0.05) is 37.3 Å². The zero-order valence-electron chi connectivity index (χ0n) is 8.22. The standard InChI is InChI=1S/C13H16/c1-2-6-11-8-5-9-12-7-3-4-10-13(11)12/h3-4,6-7,10H,2,5,8-9H2,1H3/b11-6+. The molecule has 1 aliphatic rings. The van der Waals surface area contributed by atoms with E-state index in [1.807, 2.05) is 0 Å². The Morgan fingerprint density at radius 1 is 1.23 bits per heavy atom. The van der Waals surface area contributed by atoms with Crippen molar-refractivity contribution >= 4 is 5.57 Å². The molecule has 1 aromatic carbocycles. The molecule has 0 saturated carbocycles. The van der Waals surface area contributed by atoms with Crippen LogP contribution in [0.3, 0.4) is 0 Å². The number of aryl methyl sites for hydroxylation is 1. The summed E-state index contributed by atoms with van der Waals surface area (Å²) in [5.41, 5.74) is 4.59. The van der Waals surface area contributed by atoms with E-state index < -0.39 is 0 Å². The molecule has 0 spiro atoms. The second kappa shape index (κ2) is 3.78. The molecule has 13 heavy (non-hydrogen) atoms. The SMILES string of the molecule is CC/C=C1\CCCc2ccccc21. The van der Waals surface area contributed by atoms with Gasteiger partial charge >= 0.3 is 0 Å². The summed E-state index contributed by atoms with van der Waals surface area (Å²) in [4.78, 5) is 0. The van der Waals surface area contributed by atoms with Gasteiger partial charge in [-0.05, 0) is 42.4 Å². The van der Waals surface area contributed by atoms with Crippen LogP contribution in [0.15, 0.2) is 30.3 Å². The van der Waals surface area contributed by atoms with Crippen LogP contribution in [-0.4, -0.2) is 0 Å². The van der Waals surface area contributed by atoms with E-state index in [2.05, 4.69) is 37.3 Å². The third-order valence-electron chi connectivity index (χ3n) is 2.71. The number of benzene rings is 1. The Kier molecular flexibility index (Phi) is 2.49. The highest BCUT2D eigenvalue weighted by Gasteiger charge is 2.11. The van der Waals surface area contributed by atoms with Crippen LogP contribution < -0.4 is 0 Å². The molecule has 0 atom stereocenters. The number of allylic oxidation sites excluding steroid dienone is 2. The first-order valence-electron chi connectivity index (χ1n) is 5.19. The van der Waals surface area contributed by atoms with E-state index >= 15 is 0 Å². The first kappa shape index (κ1) is 8.55. The Labute approximate surface area is 80.3 Å². The molecule has 0 aliphatic heterocycles. The van der Waals surface area contributed by atoms with Crippen LogP contribution >= 0.6 is 0 Å². The van der Waals surface area contributed by atoms with Crippen molar-refractivity contribution in [2.24, 2.45) is 0 Å². The van der Waals surface area contributed by atoms with Crippen molar-refractivity contribution in [3.63, 3.8) is 0 Å². The average molecular weight is 172 g/mol. The van der Waals surface area contributed by atoms with E-state index in [1.54, 1.807) is 5.57 Å². The highest BCUT2D eigenvalue weighted by atomic mass is 14.2. The molecule has 0 amide bonds. The van der Waals surface area contributed by atoms with Gasteiger partial charge in [-0.15, -0.1) is 0 Å². The molecular weight excluding hydrogens is 156 g/mol. The van der Waals surface area contributed by atoms with Gasteiger partial charge in [0.2, 0.25) is 0 Å². The molecule has 1 aromatic rings. The summed E-state index contributed by atoms with van der Waals surface area (Å²) >= 11 is 0. The molecule has 0 bridgehead atoms. The van der Waals surface area contributed by atoms with Crippen LogP contribution in [0, 0.1) is 0 Å². The van der Waals surface area contributed by atoms with E-state index in [1.165, 1.54) is 30.4 Å². The van der Waals surface area contributed by atoms with Gasteiger partial charge in [0.25, 0.3) is 0 Å². The van der Waals surface area contributed by atoms with E-state index in [0.29, 0.717) is 0 Å². The summed E-state index contributed by atoms with van der Waals surface area (Å²) in [5, 5.41) is 0. The average Bonchev–Trinajstić information content (AvgIpc) is 2.19. The van der Waals surface area contributed by atoms with Crippen LogP contribution in [-0.2, 0) is 6.42 Å². The van der Waals surface area contributed by atoms with Gasteiger partial charge in [-0.3, -0.25) is 0 Å². The van der Waals surface area contributed by atoms with Gasteiger partial charge in [-0.2, -0.15) is 0 Å². The van der Waals surface area contributed by atoms with Crippen LogP contribution in [0.2, 0.25) is 0 Å². The Bertz CT molecular complexity index is 321. The summed E-state index contributed by atoms with van der Waals surface area (Å²) in [5.74, 6) is 0. The quantitative estimate of drug-likeness (QED) is 0.604. The molecule has 0 unspecified atom stereocenters. The van der Waals surface area contributed by atoms with Gasteiger partial charge in [-0.25, -0.2) is 0 Å². The van der Waals surface area contributed by atoms with Crippen molar-refractivity contribution in [2.75, 3.05) is 0 Å². The highest BCUT2D eigenvalue weighted by molar-refractivity contribution is 5.69. The van der Waals surface area contributed by atoms with Crippen molar-refractivity contribution in [1.29, 1.82) is 0 Å². The van der Waals surface area contributed by atoms with Crippen molar-refractivity contribution in [3.05, 3.63) is 41.5 Å². The molecule has 0 heteroatoms. The fourth-order valence-corrected chi connectivity index (χ4v) is 2.11. The molecule has 2 rings (SSSR count). The maximum absolute atomic E-state index is 2.37. The summed E-state index contributed by atoms with van der Waals surface area (Å²) < 4.78 is 0. The number of hydrogen-bond acceptors (Lipinski definition) is 0. The first-order valence-corrected chi connectivity index (χ1v) is 5.19. The second-order valence-corrected chi connectivity index (χ2v) is 3.65. The summed E-state index contributed by atoms with van der Waals surface area (Å²) in [7, 11) is 0. The number of fused-ring (bicyclic) bond motifs is 1. The maximum atomic E-state index is 2.37. The minimum atomic E-state index is 1.16. The summed E-state index contributed by atoms with van der Waals surface area (Å²) in [6, 6.07) is 8.81. The Hall–Kier alpha value is -1.04. The lowest BCUT2D eigenvalue weighted by Gasteiger charge is -2.18. The molecule has 68 valence electrons. The van der Waals surface area contributed by atoms with E-state index in [9.17, 15) is 0 Å². The maximum Gasteiger partial charge on any atom is -0.0196 e. The van der Waals surface area contributed by atoms with Crippen LogP contribution in [0.1, 0.15) is 37.3 Å². The predicted molar refractivity (Wildman–Crippen MR) is 57.6 cm³/mol. The Morgan fingerprint density at radius 2 is 2.08 bits per heavy atom. The van der Waals surface area contributed by atoms with E-state index in [0.717, 1.165) is 6.42 Å². The molecule has 0 saturated heterocycles. The highest BCUT2D eigenvalue weighted by Crippen LogP contribution is 2.30. The van der Waals surface area contributed by atoms with Gasteiger partial charge < -0.3 is 0 Å². The largest absolute Gasteiger partial charge is 0.0810 e. The second-order valence-electron chi connectivity index (χ2n) is 3.65. The molecule has 0 nitrogen and oxygen atoms in total. The Morgan fingerprint density at radius 3 is 2.92 bits per heavy atom. The van der Waals surface area contributed by atoms with Gasteiger partial charge in [0.15, 0.2) is 0 Å². The number of hydrogen-bond donors (Lipinski definition) is 0. The predicted octanol–water partition coefficient (Wildman–Crippen LogP) is 3.82. The third kappa shape index (κ3) is 1.67. The van der Waals surface area contributed by atoms with Crippen molar-refractivity contribution in [3.8, 4) is 0 Å². The van der Waals surface area contributed by atoms with Crippen LogP contribution in [0.5, 0.6) is 0 Å². The van der Waals surface area contributed by atoms with Gasteiger partial charge in [0.1, 0.15) is 0 Å². The zero-order valence-corrected chi connectivity index (χ0v) is 8.22. The minimum Gasteiger partial charge on any atom is -0.0810 e. The molecule has 1 aliphatic carbocycles. The zero-order chi connectivity index (χ0) is 9.10. The summed E-state index contributed by atoms with van der Waals surface area (Å²) in [6.45, 7) is 2.21.